The Labute approximate surface area is 246 Å². The van der Waals surface area contributed by atoms with Gasteiger partial charge in [0, 0.05) is 16.8 Å². The van der Waals surface area contributed by atoms with E-state index in [1.165, 1.54) is 25.2 Å². The third-order valence-corrected chi connectivity index (χ3v) is 7.80. The summed E-state index contributed by atoms with van der Waals surface area (Å²) < 4.78 is 5.76. The topological polar surface area (TPSA) is 79.7 Å². The summed E-state index contributed by atoms with van der Waals surface area (Å²) in [6, 6.07) is 19.6. The van der Waals surface area contributed by atoms with Crippen molar-refractivity contribution in [2.24, 2.45) is 0 Å². The van der Waals surface area contributed by atoms with Crippen LogP contribution < -0.4 is 4.74 Å². The van der Waals surface area contributed by atoms with Gasteiger partial charge in [-0.25, -0.2) is 14.6 Å². The van der Waals surface area contributed by atoms with Crippen molar-refractivity contribution in [3.63, 3.8) is 0 Å². The molecular weight excluding hydrogens is 536 g/mol. The fourth-order valence-electron chi connectivity index (χ4n) is 5.22. The van der Waals surface area contributed by atoms with Crippen molar-refractivity contribution in [2.45, 2.75) is 52.9 Å². The molecule has 0 bridgehead atoms. The van der Waals surface area contributed by atoms with Gasteiger partial charge in [0.2, 0.25) is 0 Å². The lowest BCUT2D eigenvalue weighted by Gasteiger charge is -2.21. The number of benzene rings is 3. The monoisotopic (exact) mass is 572 g/mol. The van der Waals surface area contributed by atoms with Crippen LogP contribution in [0.15, 0.2) is 66.7 Å². The quantitative estimate of drug-likeness (QED) is 0.219. The predicted molar refractivity (Wildman–Crippen MR) is 164 cm³/mol. The van der Waals surface area contributed by atoms with Gasteiger partial charge < -0.3 is 14.7 Å². The Balaban J connectivity index is 0.000000493. The van der Waals surface area contributed by atoms with Gasteiger partial charge in [0.1, 0.15) is 5.56 Å². The van der Waals surface area contributed by atoms with Crippen molar-refractivity contribution in [1.82, 2.24) is 9.88 Å². The zero-order valence-electron chi connectivity index (χ0n) is 24.0. The second kappa shape index (κ2) is 14.2. The number of aromatic carboxylic acids is 1. The Hall–Kier alpha value is -3.74. The number of carboxylic acid groups (broad SMARTS) is 1. The average Bonchev–Trinajstić information content (AvgIpc) is 3.00. The molecule has 1 aromatic heterocycles. The number of aryl methyl sites for hydroxylation is 2. The lowest BCUT2D eigenvalue weighted by atomic mass is 9.88. The van der Waals surface area contributed by atoms with Crippen LogP contribution in [-0.2, 0) is 19.3 Å². The minimum Gasteiger partial charge on any atom is -0.478 e. The normalized spacial score (nSPS) is 12.4. The summed E-state index contributed by atoms with van der Waals surface area (Å²) in [6.07, 6.45) is 4.24. The van der Waals surface area contributed by atoms with Crippen molar-refractivity contribution in [1.29, 1.82) is 0 Å². The number of carboxylic acids is 1. The number of nitrogens with zero attached hydrogens (tertiary/aromatic N) is 2. The smallest absolute Gasteiger partial charge is 0.343 e. The number of rotatable bonds is 8. The third-order valence-electron chi connectivity index (χ3n) is 7.55. The maximum atomic E-state index is 12.9. The molecular formula is C34H37ClN2O4. The molecule has 1 aliphatic carbocycles. The average molecular weight is 573 g/mol. The molecule has 5 rings (SSSR count). The van der Waals surface area contributed by atoms with E-state index in [0.717, 1.165) is 36.8 Å². The molecule has 6 nitrogen and oxygen atoms in total. The number of carbonyl (C=O) groups excluding carboxylic acids is 1. The van der Waals surface area contributed by atoms with Crippen LogP contribution in [0, 0.1) is 0 Å². The van der Waals surface area contributed by atoms with Gasteiger partial charge in [0.25, 0.3) is 0 Å². The highest BCUT2D eigenvalue weighted by molar-refractivity contribution is 6.30. The van der Waals surface area contributed by atoms with Crippen LogP contribution in [0.1, 0.15) is 76.7 Å². The van der Waals surface area contributed by atoms with Crippen molar-refractivity contribution >= 4 is 34.4 Å². The molecule has 0 unspecified atom stereocenters. The summed E-state index contributed by atoms with van der Waals surface area (Å²) in [5, 5.41) is 11.3. The first-order valence-electron chi connectivity index (χ1n) is 14.3. The lowest BCUT2D eigenvalue weighted by Crippen LogP contribution is -2.21. The number of pyridine rings is 1. The molecule has 41 heavy (non-hydrogen) atoms. The first-order chi connectivity index (χ1) is 19.9. The Kier molecular flexibility index (Phi) is 10.5. The Morgan fingerprint density at radius 1 is 0.902 bits per heavy atom. The van der Waals surface area contributed by atoms with Crippen molar-refractivity contribution in [2.75, 3.05) is 19.6 Å². The maximum Gasteiger partial charge on any atom is 0.343 e. The lowest BCUT2D eigenvalue weighted by molar-refractivity contribution is 0.0682. The number of esters is 1. The number of carbonyl (C=O) groups is 2. The van der Waals surface area contributed by atoms with Crippen LogP contribution in [0.5, 0.6) is 5.75 Å². The maximum absolute atomic E-state index is 12.9. The van der Waals surface area contributed by atoms with E-state index in [1.807, 2.05) is 18.2 Å². The fraction of sp³-hybridized carbons (Fsp3) is 0.324. The van der Waals surface area contributed by atoms with Gasteiger partial charge in [-0.1, -0.05) is 74.8 Å². The van der Waals surface area contributed by atoms with E-state index < -0.39 is 11.9 Å². The van der Waals surface area contributed by atoms with E-state index in [9.17, 15) is 14.7 Å². The van der Waals surface area contributed by atoms with Gasteiger partial charge in [-0.2, -0.15) is 0 Å². The first kappa shape index (κ1) is 30.2. The van der Waals surface area contributed by atoms with Crippen LogP contribution in [0.25, 0.3) is 10.9 Å². The summed E-state index contributed by atoms with van der Waals surface area (Å²) in [7, 11) is 0. The zero-order chi connectivity index (χ0) is 29.4. The second-order valence-corrected chi connectivity index (χ2v) is 10.5. The van der Waals surface area contributed by atoms with E-state index >= 15 is 0 Å². The van der Waals surface area contributed by atoms with Gasteiger partial charge in [-0.3, -0.25) is 0 Å². The van der Waals surface area contributed by atoms with Crippen LogP contribution in [0.4, 0.5) is 0 Å². The molecule has 3 aromatic carbocycles. The molecule has 1 heterocycles. The number of hydrogen-bond acceptors (Lipinski definition) is 5. The van der Waals surface area contributed by atoms with E-state index in [4.69, 9.17) is 21.3 Å². The van der Waals surface area contributed by atoms with Crippen LogP contribution in [0.3, 0.4) is 0 Å². The Bertz CT molecular complexity index is 1490. The number of hydrogen-bond donors (Lipinski definition) is 1. The highest BCUT2D eigenvalue weighted by Gasteiger charge is 2.27. The standard InChI is InChI=1S/C28H22ClNO4.C6H15N/c29-20-13-10-17(11-14-20)16-23-26(34-28(33)19-7-2-1-3-8-19)24(27(31)32)22-15-12-18-6-4-5-9-21(18)25(22)30-23;1-4-7(5-2)6-3/h1-3,7-8,10-15H,4-6,9,16H2,(H,31,32);4-6H2,1-3H3. The minimum absolute atomic E-state index is 0.0143. The molecule has 214 valence electrons. The first-order valence-corrected chi connectivity index (χ1v) is 14.7. The van der Waals surface area contributed by atoms with Gasteiger partial charge in [0.15, 0.2) is 5.75 Å². The SMILES string of the molecule is CCN(CC)CC.O=C(Oc1c(Cc2ccc(Cl)cc2)nc2c3c(ccc2c1C(=O)O)CCCC3)c1ccccc1. The zero-order valence-corrected chi connectivity index (χ0v) is 24.7. The van der Waals surface area contributed by atoms with Crippen molar-refractivity contribution in [3.05, 3.63) is 105 Å². The molecule has 0 saturated carbocycles. The molecule has 1 N–H and O–H groups in total. The third kappa shape index (κ3) is 7.32. The van der Waals surface area contributed by atoms with E-state index in [0.29, 0.717) is 33.6 Å². The van der Waals surface area contributed by atoms with Crippen LogP contribution in [-0.4, -0.2) is 46.6 Å². The summed E-state index contributed by atoms with van der Waals surface area (Å²) in [6.45, 7) is 10.1. The predicted octanol–water partition coefficient (Wildman–Crippen LogP) is 7.62. The molecule has 0 aliphatic heterocycles. The molecule has 7 heteroatoms. The summed E-state index contributed by atoms with van der Waals surface area (Å²) in [4.78, 5) is 32.8. The summed E-state index contributed by atoms with van der Waals surface area (Å²) in [5.41, 5.74) is 4.56. The molecule has 0 radical (unpaired) electrons. The van der Waals surface area contributed by atoms with Crippen LogP contribution in [0.2, 0.25) is 5.02 Å². The Morgan fingerprint density at radius 3 is 2.17 bits per heavy atom. The molecule has 0 fully saturated rings. The minimum atomic E-state index is -1.16. The number of ether oxygens (including phenoxy) is 1. The largest absolute Gasteiger partial charge is 0.478 e. The number of fused-ring (bicyclic) bond motifs is 3. The molecule has 0 atom stereocenters. The van der Waals surface area contributed by atoms with Crippen molar-refractivity contribution < 1.29 is 19.4 Å². The Morgan fingerprint density at radius 2 is 1.56 bits per heavy atom. The summed E-state index contributed by atoms with van der Waals surface area (Å²) in [5.74, 6) is -1.80. The molecule has 0 amide bonds. The van der Waals surface area contributed by atoms with Gasteiger partial charge in [-0.15, -0.1) is 0 Å². The van der Waals surface area contributed by atoms with Gasteiger partial charge >= 0.3 is 11.9 Å². The van der Waals surface area contributed by atoms with Crippen molar-refractivity contribution in [3.8, 4) is 5.75 Å². The highest BCUT2D eigenvalue weighted by atomic mass is 35.5. The molecule has 4 aromatic rings. The molecule has 0 saturated heterocycles. The number of halogens is 1. The molecule has 1 aliphatic rings. The molecule has 0 spiro atoms. The highest BCUT2D eigenvalue weighted by Crippen LogP contribution is 2.36. The van der Waals surface area contributed by atoms with Gasteiger partial charge in [0.05, 0.1) is 16.8 Å². The van der Waals surface area contributed by atoms with E-state index in [2.05, 4.69) is 25.7 Å². The summed E-state index contributed by atoms with van der Waals surface area (Å²) >= 11 is 6.04. The van der Waals surface area contributed by atoms with Crippen LogP contribution >= 0.6 is 11.6 Å². The number of aromatic nitrogens is 1. The second-order valence-electron chi connectivity index (χ2n) is 10.1. The van der Waals surface area contributed by atoms with E-state index in [-0.39, 0.29) is 11.3 Å². The fourth-order valence-corrected chi connectivity index (χ4v) is 5.35. The van der Waals surface area contributed by atoms with E-state index in [1.54, 1.807) is 48.5 Å². The van der Waals surface area contributed by atoms with Gasteiger partial charge in [-0.05, 0) is 86.3 Å².